The molecule has 3 aliphatic rings. The van der Waals surface area contributed by atoms with E-state index >= 15 is 0 Å². The predicted molar refractivity (Wildman–Crippen MR) is 144 cm³/mol. The summed E-state index contributed by atoms with van der Waals surface area (Å²) < 4.78 is 67.3. The standard InChI is InChI=1S/C27H32ClN5O5/c1-32-6-8-33(9-7-32)10-13-35-19-14-21-24(23(15-19)38-18-4-11-34-12-5-18)27(30-16-29-21)31-25-20(28)2-3-22-26(25)37-17-36-22/h2-3,14-16,18H,4-13,17H2,1H3,(H,29,30,31)/i1D3,17D2. The van der Waals surface area contributed by atoms with E-state index in [1.165, 1.54) is 11.2 Å². The normalized spacial score (nSPS) is 22.2. The van der Waals surface area contributed by atoms with Gasteiger partial charge in [0.2, 0.25) is 6.75 Å². The number of hydrogen-bond donors (Lipinski definition) is 1. The van der Waals surface area contributed by atoms with Gasteiger partial charge in [-0.1, -0.05) is 11.6 Å². The Bertz CT molecular complexity index is 1470. The number of nitrogens with one attached hydrogen (secondary N) is 1. The quantitative estimate of drug-likeness (QED) is 0.448. The summed E-state index contributed by atoms with van der Waals surface area (Å²) in [7, 11) is 0. The van der Waals surface area contributed by atoms with Crippen molar-refractivity contribution < 1.29 is 30.5 Å². The van der Waals surface area contributed by atoms with Crippen molar-refractivity contribution >= 4 is 34.0 Å². The maximum absolute atomic E-state index is 7.86. The molecule has 3 aromatic rings. The molecule has 0 unspecified atom stereocenters. The van der Waals surface area contributed by atoms with Gasteiger partial charge in [0.05, 0.1) is 29.1 Å². The molecule has 202 valence electrons. The molecular weight excluding hydrogens is 510 g/mol. The fourth-order valence-corrected chi connectivity index (χ4v) is 4.90. The second kappa shape index (κ2) is 11.4. The second-order valence-electron chi connectivity index (χ2n) is 9.31. The average molecular weight is 547 g/mol. The molecule has 0 spiro atoms. The number of aromatic nitrogens is 2. The van der Waals surface area contributed by atoms with Crippen LogP contribution in [0.5, 0.6) is 23.0 Å². The van der Waals surface area contributed by atoms with E-state index in [-0.39, 0.29) is 17.6 Å². The van der Waals surface area contributed by atoms with Crippen LogP contribution in [0.25, 0.3) is 10.9 Å². The van der Waals surface area contributed by atoms with E-state index in [4.69, 9.17) is 42.1 Å². The Hall–Kier alpha value is -3.05. The smallest absolute Gasteiger partial charge is 0.231 e. The molecule has 1 N–H and O–H groups in total. The largest absolute Gasteiger partial charge is 0.492 e. The highest BCUT2D eigenvalue weighted by Crippen LogP contribution is 2.46. The number of anilines is 2. The SMILES string of the molecule is [2H]C1([2H])Oc2ccc(Cl)c(Nc3ncnc4cc(OCCN5CCN(C([2H])([2H])[2H])CC5)cc(OC5CCOCC5)c34)c2O1. The Balaban J connectivity index is 1.25. The van der Waals surface area contributed by atoms with Crippen LogP contribution in [0.15, 0.2) is 30.6 Å². The van der Waals surface area contributed by atoms with Gasteiger partial charge in [-0.2, -0.15) is 0 Å². The first kappa shape index (κ1) is 19.9. The highest BCUT2D eigenvalue weighted by molar-refractivity contribution is 6.34. The van der Waals surface area contributed by atoms with Crippen LogP contribution in [0.1, 0.15) is 19.7 Å². The van der Waals surface area contributed by atoms with Gasteiger partial charge in [0.15, 0.2) is 11.5 Å². The van der Waals surface area contributed by atoms with Crippen molar-refractivity contribution in [2.45, 2.75) is 18.9 Å². The van der Waals surface area contributed by atoms with Crippen LogP contribution in [0.2, 0.25) is 5.02 Å². The van der Waals surface area contributed by atoms with Gasteiger partial charge in [-0.05, 0) is 19.1 Å². The van der Waals surface area contributed by atoms with Crippen LogP contribution in [-0.2, 0) is 4.74 Å². The molecule has 0 bridgehead atoms. The molecule has 0 atom stereocenters. The Morgan fingerprint density at radius 1 is 1.16 bits per heavy atom. The lowest BCUT2D eigenvalue weighted by Crippen LogP contribution is -2.45. The van der Waals surface area contributed by atoms with Crippen molar-refractivity contribution in [2.75, 3.05) is 71.6 Å². The van der Waals surface area contributed by atoms with Crippen LogP contribution >= 0.6 is 11.6 Å². The molecule has 0 aliphatic carbocycles. The maximum Gasteiger partial charge on any atom is 0.231 e. The minimum Gasteiger partial charge on any atom is -0.492 e. The van der Waals surface area contributed by atoms with Gasteiger partial charge in [0.25, 0.3) is 0 Å². The number of benzene rings is 2. The lowest BCUT2D eigenvalue weighted by Gasteiger charge is -2.32. The number of piperazine rings is 1. The number of nitrogens with zero attached hydrogens (tertiary/aromatic N) is 4. The van der Waals surface area contributed by atoms with Crippen LogP contribution < -0.4 is 24.3 Å². The van der Waals surface area contributed by atoms with E-state index < -0.39 is 13.7 Å². The Labute approximate surface area is 233 Å². The number of halogens is 1. The van der Waals surface area contributed by atoms with Gasteiger partial charge < -0.3 is 33.9 Å². The second-order valence-corrected chi connectivity index (χ2v) is 9.71. The zero-order chi connectivity index (χ0) is 30.2. The third-order valence-corrected chi connectivity index (χ3v) is 7.11. The summed E-state index contributed by atoms with van der Waals surface area (Å²) in [6.45, 7) is 0.126. The Kier molecular flexibility index (Phi) is 5.96. The number of hydrogen-bond acceptors (Lipinski definition) is 10. The molecule has 11 heteroatoms. The number of ether oxygens (including phenoxy) is 5. The molecule has 2 saturated heterocycles. The molecule has 3 aliphatic heterocycles. The summed E-state index contributed by atoms with van der Waals surface area (Å²) in [4.78, 5) is 12.7. The van der Waals surface area contributed by atoms with Crippen molar-refractivity contribution in [3.05, 3.63) is 35.6 Å². The predicted octanol–water partition coefficient (Wildman–Crippen LogP) is 3.94. The van der Waals surface area contributed by atoms with E-state index in [0.29, 0.717) is 91.5 Å². The van der Waals surface area contributed by atoms with Crippen molar-refractivity contribution in [1.82, 2.24) is 19.8 Å². The summed E-state index contributed by atoms with van der Waals surface area (Å²) in [5, 5.41) is 4.09. The van der Waals surface area contributed by atoms with E-state index in [9.17, 15) is 0 Å². The highest BCUT2D eigenvalue weighted by atomic mass is 35.5. The highest BCUT2D eigenvalue weighted by Gasteiger charge is 2.24. The molecule has 38 heavy (non-hydrogen) atoms. The molecule has 4 heterocycles. The monoisotopic (exact) mass is 546 g/mol. The van der Waals surface area contributed by atoms with Gasteiger partial charge in [-0.3, -0.25) is 4.90 Å². The van der Waals surface area contributed by atoms with E-state index in [1.807, 2.05) is 6.07 Å². The van der Waals surface area contributed by atoms with Crippen LogP contribution in [-0.4, -0.2) is 92.1 Å². The zero-order valence-corrected chi connectivity index (χ0v) is 21.5. The summed E-state index contributed by atoms with van der Waals surface area (Å²) >= 11 is 6.51. The van der Waals surface area contributed by atoms with E-state index in [0.717, 1.165) is 12.8 Å². The minimum atomic E-state index is -2.33. The molecule has 2 fully saturated rings. The zero-order valence-electron chi connectivity index (χ0n) is 25.7. The third kappa shape index (κ3) is 5.54. The topological polar surface area (TPSA) is 90.4 Å². The molecule has 0 saturated carbocycles. The van der Waals surface area contributed by atoms with Gasteiger partial charge in [-0.25, -0.2) is 9.97 Å². The molecule has 2 aromatic carbocycles. The van der Waals surface area contributed by atoms with Crippen LogP contribution in [0.4, 0.5) is 11.5 Å². The molecule has 10 nitrogen and oxygen atoms in total. The summed E-state index contributed by atoms with van der Waals surface area (Å²) in [5.74, 6) is 1.83. The van der Waals surface area contributed by atoms with Gasteiger partial charge in [0.1, 0.15) is 44.8 Å². The lowest BCUT2D eigenvalue weighted by molar-refractivity contribution is 0.0261. The summed E-state index contributed by atoms with van der Waals surface area (Å²) in [5.41, 5.74) is 0.871. The number of likely N-dealkylation sites (N-methyl/N-ethyl adjacent to an activating group) is 1. The first-order chi connectivity index (χ1) is 20.6. The molecule has 0 radical (unpaired) electrons. The molecule has 0 amide bonds. The molecule has 1 aromatic heterocycles. The average Bonchev–Trinajstić information content (AvgIpc) is 3.29. The van der Waals surface area contributed by atoms with Crippen molar-refractivity contribution in [3.63, 3.8) is 0 Å². The first-order valence-electron chi connectivity index (χ1n) is 15.2. The summed E-state index contributed by atoms with van der Waals surface area (Å²) in [6, 6.07) is 6.75. The maximum atomic E-state index is 7.86. The first-order valence-corrected chi connectivity index (χ1v) is 13.0. The van der Waals surface area contributed by atoms with Crippen molar-refractivity contribution in [2.24, 2.45) is 0 Å². The minimum absolute atomic E-state index is 0.0803. The Morgan fingerprint density at radius 2 is 2.03 bits per heavy atom. The van der Waals surface area contributed by atoms with Crippen molar-refractivity contribution in [1.29, 1.82) is 0 Å². The number of rotatable bonds is 8. The lowest BCUT2D eigenvalue weighted by atomic mass is 10.1. The fraction of sp³-hybridized carbons (Fsp3) is 0.481. The number of fused-ring (bicyclic) bond motifs is 2. The van der Waals surface area contributed by atoms with Gasteiger partial charge in [-0.15, -0.1) is 0 Å². The Morgan fingerprint density at radius 3 is 2.87 bits per heavy atom. The fourth-order valence-electron chi connectivity index (χ4n) is 4.70. The third-order valence-electron chi connectivity index (χ3n) is 6.80. The van der Waals surface area contributed by atoms with Crippen LogP contribution in [0, 0.1) is 0 Å². The van der Waals surface area contributed by atoms with Crippen molar-refractivity contribution in [3.8, 4) is 23.0 Å². The van der Waals surface area contributed by atoms with Gasteiger partial charge >= 0.3 is 0 Å². The molecule has 6 rings (SSSR count). The van der Waals surface area contributed by atoms with Gasteiger partial charge in [0, 0.05) is 61.8 Å². The van der Waals surface area contributed by atoms with E-state index in [1.54, 1.807) is 18.2 Å². The molecular formula is C27H32ClN5O5. The van der Waals surface area contributed by atoms with Crippen LogP contribution in [0.3, 0.4) is 0 Å². The van der Waals surface area contributed by atoms with E-state index in [2.05, 4.69) is 20.2 Å². The summed E-state index contributed by atoms with van der Waals surface area (Å²) in [6.07, 6.45) is 2.78.